The number of fused-ring (bicyclic) bond motifs is 2. The molecule has 0 amide bonds. The molecular weight excluding hydrogens is 418 g/mol. The Morgan fingerprint density at radius 2 is 1.81 bits per heavy atom. The molecule has 3 aromatic heterocycles. The summed E-state index contributed by atoms with van der Waals surface area (Å²) >= 11 is 1.59. The van der Waals surface area contributed by atoms with Gasteiger partial charge in [-0.2, -0.15) is 4.57 Å². The summed E-state index contributed by atoms with van der Waals surface area (Å²) < 4.78 is 3.73. The van der Waals surface area contributed by atoms with Crippen molar-refractivity contribution in [3.63, 3.8) is 0 Å². The maximum atomic E-state index is 13.4. The molecule has 0 aliphatic carbocycles. The lowest BCUT2D eigenvalue weighted by Crippen LogP contribution is -2.44. The van der Waals surface area contributed by atoms with Gasteiger partial charge in [0.2, 0.25) is 6.04 Å². The minimum atomic E-state index is -0.373. The monoisotopic (exact) mass is 438 g/mol. The first-order valence-corrected chi connectivity index (χ1v) is 11.4. The van der Waals surface area contributed by atoms with Crippen LogP contribution in [-0.2, 0) is 12.8 Å². The van der Waals surface area contributed by atoms with Gasteiger partial charge in [0.15, 0.2) is 4.96 Å². The number of carbonyl (C=O) groups excluding carboxylic acids is 1. The van der Waals surface area contributed by atoms with Crippen LogP contribution < -0.4 is 9.88 Å². The molecule has 156 valence electrons. The molecule has 4 heterocycles. The van der Waals surface area contributed by atoms with Crippen molar-refractivity contribution in [3.8, 4) is 11.3 Å². The number of anilines is 1. The fourth-order valence-corrected chi connectivity index (χ4v) is 4.88. The van der Waals surface area contributed by atoms with Crippen molar-refractivity contribution in [3.05, 3.63) is 102 Å². The Kier molecular flexibility index (Phi) is 4.54. The van der Waals surface area contributed by atoms with Crippen LogP contribution in [0.2, 0.25) is 0 Å². The van der Waals surface area contributed by atoms with E-state index in [9.17, 15) is 4.79 Å². The van der Waals surface area contributed by atoms with Gasteiger partial charge in [0, 0.05) is 36.2 Å². The molecule has 1 aliphatic heterocycles. The van der Waals surface area contributed by atoms with Crippen LogP contribution in [0.25, 0.3) is 16.2 Å². The second-order valence-corrected chi connectivity index (χ2v) is 8.76. The third-order valence-electron chi connectivity index (χ3n) is 5.71. The minimum Gasteiger partial charge on any atom is -0.297 e. The Hall–Kier alpha value is -3.84. The lowest BCUT2D eigenvalue weighted by Gasteiger charge is -2.07. The molecule has 6 rings (SSSR count). The van der Waals surface area contributed by atoms with Gasteiger partial charge in [0.1, 0.15) is 17.6 Å². The first-order chi connectivity index (χ1) is 15.7. The molecule has 0 saturated carbocycles. The second kappa shape index (κ2) is 7.69. The number of rotatable bonds is 5. The fraction of sp³-hybridized carbons (Fsp3) is 0.120. The third-order valence-corrected chi connectivity index (χ3v) is 6.48. The Morgan fingerprint density at radius 1 is 1.03 bits per heavy atom. The summed E-state index contributed by atoms with van der Waals surface area (Å²) in [6.07, 6.45) is 7.00. The number of nitrogens with zero attached hydrogens (tertiary/aromatic N) is 4. The number of nitrogens with one attached hydrogen (secondary N) is 1. The van der Waals surface area contributed by atoms with E-state index in [-0.39, 0.29) is 11.9 Å². The molecule has 1 unspecified atom stereocenters. The Bertz CT molecular complexity index is 1400. The molecule has 0 saturated heterocycles. The number of imidazole rings is 1. The highest BCUT2D eigenvalue weighted by Crippen LogP contribution is 2.25. The molecular formula is C25H20N5OS+. The smallest absolute Gasteiger partial charge is 0.297 e. The predicted octanol–water partition coefficient (Wildman–Crippen LogP) is 4.01. The van der Waals surface area contributed by atoms with Gasteiger partial charge in [0.05, 0.1) is 5.69 Å². The van der Waals surface area contributed by atoms with Crippen LogP contribution in [0.1, 0.15) is 21.7 Å². The van der Waals surface area contributed by atoms with Gasteiger partial charge in [-0.05, 0) is 5.56 Å². The first-order valence-electron chi connectivity index (χ1n) is 10.5. The van der Waals surface area contributed by atoms with Gasteiger partial charge in [0.25, 0.3) is 0 Å². The largest absolute Gasteiger partial charge is 0.359 e. The molecule has 1 aliphatic rings. The van der Waals surface area contributed by atoms with Gasteiger partial charge >= 0.3 is 11.7 Å². The molecule has 1 atom stereocenters. The van der Waals surface area contributed by atoms with Crippen molar-refractivity contribution in [1.82, 2.24) is 14.4 Å². The minimum absolute atomic E-state index is 0.0187. The van der Waals surface area contributed by atoms with Crippen LogP contribution in [0.5, 0.6) is 0 Å². The predicted molar refractivity (Wildman–Crippen MR) is 124 cm³/mol. The number of hydrogen-bond donors (Lipinski definition) is 1. The Morgan fingerprint density at radius 3 is 2.59 bits per heavy atom. The number of aromatic nitrogens is 4. The molecule has 7 heteroatoms. The topological polar surface area (TPSA) is 63.2 Å². The van der Waals surface area contributed by atoms with Crippen molar-refractivity contribution in [1.29, 1.82) is 0 Å². The van der Waals surface area contributed by atoms with Crippen LogP contribution in [-0.4, -0.2) is 26.3 Å². The summed E-state index contributed by atoms with van der Waals surface area (Å²) in [5.41, 5.74) is 4.69. The van der Waals surface area contributed by atoms with Crippen LogP contribution >= 0.6 is 11.3 Å². The molecule has 6 nitrogen and oxygen atoms in total. The van der Waals surface area contributed by atoms with E-state index < -0.39 is 0 Å². The average molecular weight is 439 g/mol. The molecule has 0 radical (unpaired) electrons. The highest BCUT2D eigenvalue weighted by atomic mass is 32.1. The summed E-state index contributed by atoms with van der Waals surface area (Å²) in [5, 5.41) is 5.45. The van der Waals surface area contributed by atoms with E-state index in [4.69, 9.17) is 4.98 Å². The van der Waals surface area contributed by atoms with Crippen molar-refractivity contribution in [2.45, 2.75) is 18.9 Å². The number of benzene rings is 2. The van der Waals surface area contributed by atoms with E-state index in [1.165, 1.54) is 0 Å². The molecule has 5 aromatic rings. The van der Waals surface area contributed by atoms with E-state index in [1.807, 2.05) is 76.9 Å². The zero-order valence-corrected chi connectivity index (χ0v) is 18.0. The van der Waals surface area contributed by atoms with Gasteiger partial charge in [-0.15, -0.1) is 11.3 Å². The van der Waals surface area contributed by atoms with Crippen molar-refractivity contribution in [2.75, 3.05) is 5.32 Å². The van der Waals surface area contributed by atoms with Crippen LogP contribution in [0.4, 0.5) is 5.82 Å². The fourth-order valence-electron chi connectivity index (χ4n) is 4.16. The van der Waals surface area contributed by atoms with E-state index in [0.29, 0.717) is 12.8 Å². The lowest BCUT2D eigenvalue weighted by atomic mass is 10.1. The van der Waals surface area contributed by atoms with Gasteiger partial charge < -0.3 is 0 Å². The van der Waals surface area contributed by atoms with Gasteiger partial charge in [-0.3, -0.25) is 9.72 Å². The highest BCUT2D eigenvalue weighted by Gasteiger charge is 2.41. The van der Waals surface area contributed by atoms with E-state index in [1.54, 1.807) is 15.9 Å². The summed E-state index contributed by atoms with van der Waals surface area (Å²) in [7, 11) is 0. The average Bonchev–Trinajstić information content (AvgIpc) is 3.50. The quantitative estimate of drug-likeness (QED) is 0.421. The zero-order chi connectivity index (χ0) is 21.5. The van der Waals surface area contributed by atoms with Crippen molar-refractivity contribution in [2.24, 2.45) is 0 Å². The summed E-state index contributed by atoms with van der Waals surface area (Å²) in [5.74, 6) is 0.787. The van der Waals surface area contributed by atoms with E-state index in [0.717, 1.165) is 39.0 Å². The molecule has 0 bridgehead atoms. The molecule has 32 heavy (non-hydrogen) atoms. The Labute approximate surface area is 188 Å². The maximum absolute atomic E-state index is 13.4. The van der Waals surface area contributed by atoms with Crippen LogP contribution in [0.15, 0.2) is 84.6 Å². The van der Waals surface area contributed by atoms with E-state index in [2.05, 4.69) is 22.4 Å². The molecule has 0 fully saturated rings. The standard InChI is InChI=1S/C25H19N5OS/c31-24-21(14-19-15-29-11-12-32-25(29)26-19)28-23-20(13-17-7-3-1-4-8-17)27-22(16-30(23)24)18-9-5-2-6-10-18/h1-12,15-16,21H,13-14H2/p+1. The van der Waals surface area contributed by atoms with Gasteiger partial charge in [-0.25, -0.2) is 14.8 Å². The van der Waals surface area contributed by atoms with Crippen molar-refractivity contribution >= 4 is 28.0 Å². The first kappa shape index (κ1) is 18.9. The normalized spacial score (nSPS) is 15.1. The number of hydrogen-bond acceptors (Lipinski definition) is 5. The highest BCUT2D eigenvalue weighted by molar-refractivity contribution is 7.15. The summed E-state index contributed by atoms with van der Waals surface area (Å²) in [4.78, 5) is 23.9. The lowest BCUT2D eigenvalue weighted by molar-refractivity contribution is -0.552. The molecule has 1 N–H and O–H groups in total. The Balaban J connectivity index is 1.38. The zero-order valence-electron chi connectivity index (χ0n) is 17.2. The third kappa shape index (κ3) is 3.36. The number of thiazole rings is 1. The van der Waals surface area contributed by atoms with Crippen LogP contribution in [0.3, 0.4) is 0 Å². The van der Waals surface area contributed by atoms with Crippen LogP contribution in [0, 0.1) is 0 Å². The second-order valence-electron chi connectivity index (χ2n) is 7.88. The maximum Gasteiger partial charge on any atom is 0.359 e. The molecule has 0 spiro atoms. The summed E-state index contributed by atoms with van der Waals surface area (Å²) in [6, 6.07) is 19.8. The molecule has 2 aromatic carbocycles. The van der Waals surface area contributed by atoms with Gasteiger partial charge in [-0.1, -0.05) is 60.7 Å². The SMILES string of the molecule is O=C1C(Cc2cn3ccsc3n2)Nc2c(Cc3ccccc3)nc(-c3ccccc3)c[n+]21. The van der Waals surface area contributed by atoms with E-state index >= 15 is 0 Å². The van der Waals surface area contributed by atoms with Crippen molar-refractivity contribution < 1.29 is 9.36 Å². The number of carbonyl (C=O) groups is 1. The summed E-state index contributed by atoms with van der Waals surface area (Å²) in [6.45, 7) is 0.